The standard InChI is InChI=1S/C13H25N3O3/c1-4-10(2)16(9-12(17)18)13(19)14-11-5-7-15(3)8-6-11/h10-11H,4-9H2,1-3H3,(H,14,19)(H,17,18). The van der Waals surface area contributed by atoms with Crippen LogP contribution in [0.15, 0.2) is 0 Å². The molecule has 6 nitrogen and oxygen atoms in total. The Bertz CT molecular complexity index is 314. The van der Waals surface area contributed by atoms with Gasteiger partial charge in [0, 0.05) is 12.1 Å². The molecule has 1 aliphatic heterocycles. The fraction of sp³-hybridized carbons (Fsp3) is 0.846. The molecule has 1 saturated heterocycles. The third kappa shape index (κ3) is 5.06. The highest BCUT2D eigenvalue weighted by molar-refractivity contribution is 5.80. The Morgan fingerprint density at radius 2 is 2.00 bits per heavy atom. The van der Waals surface area contributed by atoms with E-state index < -0.39 is 5.97 Å². The summed E-state index contributed by atoms with van der Waals surface area (Å²) >= 11 is 0. The summed E-state index contributed by atoms with van der Waals surface area (Å²) in [4.78, 5) is 26.6. The van der Waals surface area contributed by atoms with Crippen LogP contribution < -0.4 is 5.32 Å². The Kier molecular flexibility index (Phi) is 6.08. The van der Waals surface area contributed by atoms with Crippen molar-refractivity contribution in [3.8, 4) is 0 Å². The third-order valence-corrected chi connectivity index (χ3v) is 3.74. The van der Waals surface area contributed by atoms with E-state index in [1.54, 1.807) is 0 Å². The molecule has 6 heteroatoms. The summed E-state index contributed by atoms with van der Waals surface area (Å²) in [6, 6.07) is -0.169. The molecule has 1 unspecified atom stereocenters. The van der Waals surface area contributed by atoms with Gasteiger partial charge in [-0.15, -0.1) is 0 Å². The first kappa shape index (κ1) is 15.8. The summed E-state index contributed by atoms with van der Waals surface area (Å²) in [6.45, 7) is 5.51. The van der Waals surface area contributed by atoms with Gasteiger partial charge in [0.1, 0.15) is 6.54 Å². The van der Waals surface area contributed by atoms with E-state index in [4.69, 9.17) is 5.11 Å². The Morgan fingerprint density at radius 3 is 2.47 bits per heavy atom. The minimum absolute atomic E-state index is 0.0673. The van der Waals surface area contributed by atoms with Gasteiger partial charge in [-0.05, 0) is 46.3 Å². The van der Waals surface area contributed by atoms with Crippen molar-refractivity contribution in [3.63, 3.8) is 0 Å². The number of piperidine rings is 1. The number of hydrogen-bond donors (Lipinski definition) is 2. The molecule has 110 valence electrons. The quantitative estimate of drug-likeness (QED) is 0.781. The predicted molar refractivity (Wildman–Crippen MR) is 73.1 cm³/mol. The van der Waals surface area contributed by atoms with Crippen molar-refractivity contribution < 1.29 is 14.7 Å². The lowest BCUT2D eigenvalue weighted by Gasteiger charge is -2.33. The number of likely N-dealkylation sites (tertiary alicyclic amines) is 1. The fourth-order valence-electron chi connectivity index (χ4n) is 2.20. The van der Waals surface area contributed by atoms with Crippen LogP contribution in [-0.4, -0.2) is 65.7 Å². The summed E-state index contributed by atoms with van der Waals surface area (Å²) in [6.07, 6.45) is 2.58. The first-order valence-electron chi connectivity index (χ1n) is 6.91. The van der Waals surface area contributed by atoms with Crippen molar-refractivity contribution in [1.82, 2.24) is 15.1 Å². The highest BCUT2D eigenvalue weighted by atomic mass is 16.4. The molecular weight excluding hydrogens is 246 g/mol. The molecule has 0 saturated carbocycles. The van der Waals surface area contributed by atoms with Crippen molar-refractivity contribution >= 4 is 12.0 Å². The largest absolute Gasteiger partial charge is 0.480 e. The van der Waals surface area contributed by atoms with Crippen LogP contribution in [0.3, 0.4) is 0 Å². The summed E-state index contributed by atoms with van der Waals surface area (Å²) in [7, 11) is 2.06. The molecule has 0 aromatic heterocycles. The molecule has 1 heterocycles. The summed E-state index contributed by atoms with van der Waals surface area (Å²) < 4.78 is 0. The molecule has 0 bridgehead atoms. The number of urea groups is 1. The average molecular weight is 271 g/mol. The Morgan fingerprint density at radius 1 is 1.42 bits per heavy atom. The van der Waals surface area contributed by atoms with Gasteiger partial charge in [-0.25, -0.2) is 4.79 Å². The second kappa shape index (κ2) is 7.33. The topological polar surface area (TPSA) is 72.9 Å². The number of aliphatic carboxylic acids is 1. The van der Waals surface area contributed by atoms with Crippen molar-refractivity contribution in [2.75, 3.05) is 26.7 Å². The highest BCUT2D eigenvalue weighted by Gasteiger charge is 2.25. The van der Waals surface area contributed by atoms with E-state index in [1.165, 1.54) is 4.90 Å². The van der Waals surface area contributed by atoms with Crippen LogP contribution in [0.4, 0.5) is 4.79 Å². The van der Waals surface area contributed by atoms with Crippen LogP contribution in [0.5, 0.6) is 0 Å². The molecular formula is C13H25N3O3. The lowest BCUT2D eigenvalue weighted by Crippen LogP contribution is -2.52. The van der Waals surface area contributed by atoms with Gasteiger partial charge in [-0.1, -0.05) is 6.92 Å². The summed E-state index contributed by atoms with van der Waals surface area (Å²) in [5, 5.41) is 11.8. The Hall–Kier alpha value is -1.30. The fourth-order valence-corrected chi connectivity index (χ4v) is 2.20. The zero-order valence-corrected chi connectivity index (χ0v) is 12.1. The maximum absolute atomic E-state index is 12.2. The molecule has 1 rings (SSSR count). The van der Waals surface area contributed by atoms with Gasteiger partial charge in [-0.2, -0.15) is 0 Å². The van der Waals surface area contributed by atoms with Gasteiger partial charge in [0.2, 0.25) is 0 Å². The number of nitrogens with one attached hydrogen (secondary N) is 1. The first-order valence-corrected chi connectivity index (χ1v) is 6.91. The maximum Gasteiger partial charge on any atom is 0.323 e. The van der Waals surface area contributed by atoms with Gasteiger partial charge in [0.15, 0.2) is 0 Å². The number of hydrogen-bond acceptors (Lipinski definition) is 3. The van der Waals surface area contributed by atoms with Crippen molar-refractivity contribution in [2.24, 2.45) is 0 Å². The Labute approximate surface area is 114 Å². The van der Waals surface area contributed by atoms with Gasteiger partial charge >= 0.3 is 12.0 Å². The van der Waals surface area contributed by atoms with Gasteiger partial charge in [0.25, 0.3) is 0 Å². The third-order valence-electron chi connectivity index (χ3n) is 3.74. The molecule has 1 fully saturated rings. The van der Waals surface area contributed by atoms with E-state index in [9.17, 15) is 9.59 Å². The number of carbonyl (C=O) groups excluding carboxylic acids is 1. The summed E-state index contributed by atoms with van der Waals surface area (Å²) in [5.41, 5.74) is 0. The lowest BCUT2D eigenvalue weighted by molar-refractivity contribution is -0.138. The van der Waals surface area contributed by atoms with Crippen LogP contribution in [0, 0.1) is 0 Å². The van der Waals surface area contributed by atoms with Crippen molar-refractivity contribution in [2.45, 2.75) is 45.2 Å². The molecule has 0 aromatic rings. The van der Waals surface area contributed by atoms with E-state index in [0.29, 0.717) is 0 Å². The minimum atomic E-state index is -0.973. The van der Waals surface area contributed by atoms with Crippen LogP contribution >= 0.6 is 0 Å². The number of carbonyl (C=O) groups is 2. The zero-order chi connectivity index (χ0) is 14.4. The van der Waals surface area contributed by atoms with Crippen LogP contribution in [0.1, 0.15) is 33.1 Å². The molecule has 0 spiro atoms. The van der Waals surface area contributed by atoms with Gasteiger partial charge < -0.3 is 20.2 Å². The van der Waals surface area contributed by atoms with Gasteiger partial charge in [0.05, 0.1) is 0 Å². The van der Waals surface area contributed by atoms with Gasteiger partial charge in [-0.3, -0.25) is 4.79 Å². The van der Waals surface area contributed by atoms with E-state index in [2.05, 4.69) is 17.3 Å². The Balaban J connectivity index is 2.53. The number of rotatable bonds is 5. The normalized spacial score (nSPS) is 18.9. The van der Waals surface area contributed by atoms with Crippen molar-refractivity contribution in [1.29, 1.82) is 0 Å². The second-order valence-corrected chi connectivity index (χ2v) is 5.31. The number of nitrogens with zero attached hydrogens (tertiary/aromatic N) is 2. The zero-order valence-electron chi connectivity index (χ0n) is 12.1. The molecule has 0 aromatic carbocycles. The molecule has 2 amide bonds. The molecule has 0 radical (unpaired) electrons. The van der Waals surface area contributed by atoms with Crippen LogP contribution in [-0.2, 0) is 4.79 Å². The van der Waals surface area contributed by atoms with E-state index in [0.717, 1.165) is 32.4 Å². The number of amides is 2. The highest BCUT2D eigenvalue weighted by Crippen LogP contribution is 2.10. The molecule has 2 N–H and O–H groups in total. The number of carboxylic acids is 1. The smallest absolute Gasteiger partial charge is 0.323 e. The lowest BCUT2D eigenvalue weighted by atomic mass is 10.1. The maximum atomic E-state index is 12.2. The minimum Gasteiger partial charge on any atom is -0.480 e. The van der Waals surface area contributed by atoms with E-state index >= 15 is 0 Å². The SMILES string of the molecule is CCC(C)N(CC(=O)O)C(=O)NC1CCN(C)CC1. The number of carboxylic acid groups (broad SMARTS) is 1. The first-order chi connectivity index (χ1) is 8.93. The van der Waals surface area contributed by atoms with E-state index in [1.807, 2.05) is 13.8 Å². The molecule has 19 heavy (non-hydrogen) atoms. The molecule has 1 atom stereocenters. The average Bonchev–Trinajstić information content (AvgIpc) is 2.37. The monoisotopic (exact) mass is 271 g/mol. The molecule has 0 aliphatic carbocycles. The van der Waals surface area contributed by atoms with Crippen LogP contribution in [0.2, 0.25) is 0 Å². The molecule has 1 aliphatic rings. The predicted octanol–water partition coefficient (Wildman–Crippen LogP) is 0.975. The summed E-state index contributed by atoms with van der Waals surface area (Å²) in [5.74, 6) is -0.973. The van der Waals surface area contributed by atoms with E-state index in [-0.39, 0.29) is 24.7 Å². The van der Waals surface area contributed by atoms with Crippen molar-refractivity contribution in [3.05, 3.63) is 0 Å². The second-order valence-electron chi connectivity index (χ2n) is 5.31. The van der Waals surface area contributed by atoms with Crippen LogP contribution in [0.25, 0.3) is 0 Å².